The largest absolute Gasteiger partial charge is 0.503 e. The van der Waals surface area contributed by atoms with Crippen molar-refractivity contribution in [2.45, 2.75) is 31.3 Å². The van der Waals surface area contributed by atoms with E-state index in [4.69, 9.17) is 4.74 Å². The van der Waals surface area contributed by atoms with Gasteiger partial charge in [0.25, 0.3) is 5.91 Å². The summed E-state index contributed by atoms with van der Waals surface area (Å²) in [6, 6.07) is 3.32. The van der Waals surface area contributed by atoms with Crippen molar-refractivity contribution in [2.75, 3.05) is 20.3 Å². The normalized spacial score (nSPS) is 21.0. The molecule has 0 radical (unpaired) electrons. The van der Waals surface area contributed by atoms with E-state index in [2.05, 4.69) is 10.2 Å². The molecule has 0 saturated carbocycles. The van der Waals surface area contributed by atoms with E-state index >= 15 is 0 Å². The summed E-state index contributed by atoms with van der Waals surface area (Å²) in [5.41, 5.74) is -1.01. The Morgan fingerprint density at radius 3 is 2.76 bits per heavy atom. The molecule has 1 fully saturated rings. The molecule has 1 spiro atoms. The van der Waals surface area contributed by atoms with Crippen molar-refractivity contribution in [1.29, 1.82) is 0 Å². The molecule has 2 aliphatic rings. The Morgan fingerprint density at radius 1 is 1.27 bits per heavy atom. The number of aromatic nitrogens is 3. The number of rotatable bonds is 3. The van der Waals surface area contributed by atoms with E-state index in [0.717, 1.165) is 17.4 Å². The predicted molar refractivity (Wildman–Crippen MR) is 115 cm³/mol. The molecule has 0 aliphatic carbocycles. The number of hydrogen-bond acceptors (Lipinski definition) is 7. The van der Waals surface area contributed by atoms with Crippen LogP contribution in [-0.4, -0.2) is 56.5 Å². The Hall–Kier alpha value is -3.18. The highest BCUT2D eigenvalue weighted by atomic mass is 32.1. The van der Waals surface area contributed by atoms with Crippen molar-refractivity contribution < 1.29 is 23.4 Å². The van der Waals surface area contributed by atoms with Gasteiger partial charge in [0.15, 0.2) is 16.5 Å². The van der Waals surface area contributed by atoms with Crippen molar-refractivity contribution in [2.24, 2.45) is 0 Å². The molecule has 172 valence electrons. The number of fused-ring (bicyclic) bond motifs is 1. The molecule has 0 bridgehead atoms. The number of likely N-dealkylation sites (N-methyl/N-ethyl adjacent to an activating group) is 1. The van der Waals surface area contributed by atoms with E-state index in [1.54, 1.807) is 18.5 Å². The molecule has 1 aromatic carbocycles. The monoisotopic (exact) mass is 474 g/mol. The summed E-state index contributed by atoms with van der Waals surface area (Å²) in [4.78, 5) is 27.4. The molecule has 1 amide bonds. The van der Waals surface area contributed by atoms with Crippen LogP contribution in [0, 0.1) is 11.6 Å². The third-order valence-corrected chi connectivity index (χ3v) is 7.63. The number of carbonyl (C=O) groups is 1. The summed E-state index contributed by atoms with van der Waals surface area (Å²) in [6.45, 7) is 2.94. The zero-order valence-electron chi connectivity index (χ0n) is 17.8. The van der Waals surface area contributed by atoms with Gasteiger partial charge in [-0.05, 0) is 18.1 Å². The van der Waals surface area contributed by atoms with Gasteiger partial charge in [-0.1, -0.05) is 24.3 Å². The first-order valence-electron chi connectivity index (χ1n) is 10.3. The molecule has 4 heterocycles. The second-order valence-corrected chi connectivity index (χ2v) is 9.43. The maximum absolute atomic E-state index is 14.2. The van der Waals surface area contributed by atoms with Gasteiger partial charge in [-0.3, -0.25) is 9.59 Å². The number of pyridine rings is 1. The van der Waals surface area contributed by atoms with E-state index in [1.165, 1.54) is 23.2 Å². The molecule has 8 nitrogen and oxygen atoms in total. The Bertz CT molecular complexity index is 1330. The maximum Gasteiger partial charge on any atom is 0.274 e. The molecular weight excluding hydrogens is 454 g/mol. The van der Waals surface area contributed by atoms with Crippen LogP contribution in [0.3, 0.4) is 0 Å². The molecule has 3 aromatic rings. The lowest BCUT2D eigenvalue weighted by Crippen LogP contribution is -2.57. The highest BCUT2D eigenvalue weighted by Gasteiger charge is 2.47. The van der Waals surface area contributed by atoms with E-state index in [-0.39, 0.29) is 21.8 Å². The van der Waals surface area contributed by atoms with Gasteiger partial charge < -0.3 is 19.3 Å². The minimum absolute atomic E-state index is 0.0738. The summed E-state index contributed by atoms with van der Waals surface area (Å²) in [7, 11) is 1.64. The molecule has 5 rings (SSSR count). The van der Waals surface area contributed by atoms with E-state index in [0.29, 0.717) is 31.2 Å². The quantitative estimate of drug-likeness (QED) is 0.627. The highest BCUT2D eigenvalue weighted by Crippen LogP contribution is 2.37. The SMILES string of the molecule is CC(c1nnc(-c2cn3c(c(O)c2=O)C(=O)N(C)C2(CCOC2)C3)s1)c1ccc(F)cc1F. The Labute approximate surface area is 191 Å². The summed E-state index contributed by atoms with van der Waals surface area (Å²) < 4.78 is 34.6. The molecule has 2 atom stereocenters. The maximum atomic E-state index is 14.2. The van der Waals surface area contributed by atoms with Crippen molar-refractivity contribution in [3.8, 4) is 16.3 Å². The lowest BCUT2D eigenvalue weighted by Gasteiger charge is -2.42. The first-order valence-corrected chi connectivity index (χ1v) is 11.1. The topological polar surface area (TPSA) is 97.5 Å². The number of ether oxygens (including phenoxy) is 1. The van der Waals surface area contributed by atoms with Gasteiger partial charge in [0.05, 0.1) is 17.7 Å². The van der Waals surface area contributed by atoms with Gasteiger partial charge in [0.1, 0.15) is 16.6 Å². The van der Waals surface area contributed by atoms with Crippen molar-refractivity contribution in [3.05, 3.63) is 62.5 Å². The third-order valence-electron chi connectivity index (χ3n) is 6.49. The van der Waals surface area contributed by atoms with Crippen LogP contribution in [0.1, 0.15) is 40.3 Å². The second-order valence-electron chi connectivity index (χ2n) is 8.42. The molecule has 1 N–H and O–H groups in total. The Balaban J connectivity index is 1.55. The van der Waals surface area contributed by atoms with Crippen LogP contribution in [0.5, 0.6) is 5.75 Å². The van der Waals surface area contributed by atoms with Crippen LogP contribution < -0.4 is 5.43 Å². The standard InChI is InChI=1S/C22H20F2N4O4S/c1-11(13-4-3-12(23)7-15(13)24)19-25-26-20(33-19)14-8-28-9-22(5-6-32-10-22)27(2)21(31)16(28)18(30)17(14)29/h3-4,7-8,11,30H,5-6,9-10H2,1-2H3. The van der Waals surface area contributed by atoms with E-state index in [9.17, 15) is 23.5 Å². The van der Waals surface area contributed by atoms with Gasteiger partial charge in [0, 0.05) is 38.4 Å². The molecule has 33 heavy (non-hydrogen) atoms. The molecule has 2 aliphatic heterocycles. The van der Waals surface area contributed by atoms with Crippen LogP contribution in [0.4, 0.5) is 8.78 Å². The first-order chi connectivity index (χ1) is 15.7. The average Bonchev–Trinajstić information content (AvgIpc) is 3.45. The predicted octanol–water partition coefficient (Wildman–Crippen LogP) is 2.75. The minimum Gasteiger partial charge on any atom is -0.503 e. The van der Waals surface area contributed by atoms with Crippen LogP contribution in [0.25, 0.3) is 10.6 Å². The summed E-state index contributed by atoms with van der Waals surface area (Å²) in [5.74, 6) is -3.00. The molecule has 2 unspecified atom stereocenters. The van der Waals surface area contributed by atoms with Gasteiger partial charge in [-0.25, -0.2) is 8.78 Å². The first kappa shape index (κ1) is 21.7. The van der Waals surface area contributed by atoms with Gasteiger partial charge >= 0.3 is 0 Å². The number of benzene rings is 1. The summed E-state index contributed by atoms with van der Waals surface area (Å²) in [5, 5.41) is 19.5. The zero-order valence-corrected chi connectivity index (χ0v) is 18.7. The number of hydrogen-bond donors (Lipinski definition) is 1. The number of carbonyl (C=O) groups excluding carboxylic acids is 1. The van der Waals surface area contributed by atoms with Crippen molar-refractivity contribution in [3.63, 3.8) is 0 Å². The second kappa shape index (κ2) is 7.70. The number of nitrogens with zero attached hydrogens (tertiary/aromatic N) is 4. The molecule has 11 heteroatoms. The van der Waals surface area contributed by atoms with E-state index in [1.807, 2.05) is 0 Å². The van der Waals surface area contributed by atoms with Gasteiger partial charge in [-0.2, -0.15) is 0 Å². The molecular formula is C22H20F2N4O4S. The van der Waals surface area contributed by atoms with Gasteiger partial charge in [0.2, 0.25) is 5.43 Å². The summed E-state index contributed by atoms with van der Waals surface area (Å²) in [6.07, 6.45) is 2.15. The van der Waals surface area contributed by atoms with E-state index < -0.39 is 40.2 Å². The minimum atomic E-state index is -0.732. The van der Waals surface area contributed by atoms with Crippen molar-refractivity contribution in [1.82, 2.24) is 19.7 Å². The molecule has 1 saturated heterocycles. The van der Waals surface area contributed by atoms with Crippen LogP contribution in [0.2, 0.25) is 0 Å². The fourth-order valence-electron chi connectivity index (χ4n) is 4.44. The fourth-order valence-corrected chi connectivity index (χ4v) is 5.36. The Kier molecular flexibility index (Phi) is 5.05. The lowest BCUT2D eigenvalue weighted by molar-refractivity contribution is 0.0345. The fraction of sp³-hybridized carbons (Fsp3) is 0.364. The number of aromatic hydroxyl groups is 1. The van der Waals surface area contributed by atoms with Crippen LogP contribution in [-0.2, 0) is 11.3 Å². The third kappa shape index (κ3) is 3.34. The highest BCUT2D eigenvalue weighted by molar-refractivity contribution is 7.14. The molecule has 2 aromatic heterocycles. The van der Waals surface area contributed by atoms with Crippen molar-refractivity contribution >= 4 is 17.2 Å². The number of amides is 1. The average molecular weight is 474 g/mol. The smallest absolute Gasteiger partial charge is 0.274 e. The van der Waals surface area contributed by atoms with Crippen LogP contribution >= 0.6 is 11.3 Å². The number of halogens is 2. The summed E-state index contributed by atoms with van der Waals surface area (Å²) >= 11 is 1.07. The van der Waals surface area contributed by atoms with Crippen LogP contribution in [0.15, 0.2) is 29.2 Å². The van der Waals surface area contributed by atoms with Gasteiger partial charge in [-0.15, -0.1) is 10.2 Å². The Morgan fingerprint density at radius 2 is 2.06 bits per heavy atom. The lowest BCUT2D eigenvalue weighted by atomic mass is 9.92. The zero-order chi connectivity index (χ0) is 23.5.